The zero-order chi connectivity index (χ0) is 5.98. The zero-order valence-electron chi connectivity index (χ0n) is 4.93. The molecular weight excluding hydrogens is 102 g/mol. The zero-order valence-corrected chi connectivity index (χ0v) is 4.93. The van der Waals surface area contributed by atoms with Gasteiger partial charge in [0.15, 0.2) is 0 Å². The molecule has 1 radical (unpaired) electrons. The highest BCUT2D eigenvalue weighted by Crippen LogP contribution is 2.16. The van der Waals surface area contributed by atoms with Crippen molar-refractivity contribution in [1.29, 1.82) is 0 Å². The summed E-state index contributed by atoms with van der Waals surface area (Å²) in [7, 11) is 0. The molecule has 0 aromatic heterocycles. The molecule has 2 N–H and O–H groups in total. The summed E-state index contributed by atoms with van der Waals surface area (Å²) in [6, 6.07) is 0.0127. The third-order valence-corrected chi connectivity index (χ3v) is 1.65. The molecule has 2 nitrogen and oxygen atoms in total. The van der Waals surface area contributed by atoms with E-state index in [-0.39, 0.29) is 12.1 Å². The SMILES string of the molecule is [NH][C@@H]1CCC[C@H](O)C1. The summed E-state index contributed by atoms with van der Waals surface area (Å²) < 4.78 is 0. The predicted octanol–water partition coefficient (Wildman–Crippen LogP) is 0.573. The molecule has 8 heavy (non-hydrogen) atoms. The van der Waals surface area contributed by atoms with Gasteiger partial charge in [0.05, 0.1) is 6.10 Å². The Hall–Kier alpha value is -0.0800. The Morgan fingerprint density at radius 1 is 1.38 bits per heavy atom. The second-order valence-corrected chi connectivity index (χ2v) is 2.52. The van der Waals surface area contributed by atoms with Gasteiger partial charge in [-0.25, -0.2) is 0 Å². The Morgan fingerprint density at radius 2 is 2.12 bits per heavy atom. The topological polar surface area (TPSA) is 44.0 Å². The fourth-order valence-corrected chi connectivity index (χ4v) is 1.16. The summed E-state index contributed by atoms with van der Waals surface area (Å²) in [6.45, 7) is 0. The lowest BCUT2D eigenvalue weighted by Crippen LogP contribution is -2.24. The van der Waals surface area contributed by atoms with Gasteiger partial charge in [-0.15, -0.1) is 0 Å². The normalized spacial score (nSPS) is 39.8. The summed E-state index contributed by atoms with van der Waals surface area (Å²) in [5.74, 6) is 0. The Bertz CT molecular complexity index is 66.9. The number of nitrogens with one attached hydrogen (secondary N) is 1. The predicted molar refractivity (Wildman–Crippen MR) is 31.4 cm³/mol. The third kappa shape index (κ3) is 1.46. The lowest BCUT2D eigenvalue weighted by Gasteiger charge is -2.20. The molecule has 1 aliphatic rings. The van der Waals surface area contributed by atoms with Crippen LogP contribution in [-0.2, 0) is 0 Å². The number of aliphatic hydroxyl groups is 1. The van der Waals surface area contributed by atoms with Crippen molar-refractivity contribution in [2.75, 3.05) is 0 Å². The summed E-state index contributed by atoms with van der Waals surface area (Å²) in [4.78, 5) is 0. The maximum absolute atomic E-state index is 8.96. The maximum Gasteiger partial charge on any atom is 0.0555 e. The van der Waals surface area contributed by atoms with E-state index in [1.807, 2.05) is 0 Å². The molecule has 2 atom stereocenters. The number of hydrogen-bond donors (Lipinski definition) is 1. The van der Waals surface area contributed by atoms with Crippen LogP contribution in [0.5, 0.6) is 0 Å². The molecule has 0 aromatic carbocycles. The minimum Gasteiger partial charge on any atom is -0.393 e. The number of rotatable bonds is 0. The van der Waals surface area contributed by atoms with Crippen molar-refractivity contribution in [3.05, 3.63) is 0 Å². The van der Waals surface area contributed by atoms with Crippen LogP contribution in [0.3, 0.4) is 0 Å². The molecule has 1 aliphatic carbocycles. The van der Waals surface area contributed by atoms with Crippen molar-refractivity contribution in [1.82, 2.24) is 5.73 Å². The van der Waals surface area contributed by atoms with E-state index in [0.717, 1.165) is 19.3 Å². The van der Waals surface area contributed by atoms with Gasteiger partial charge < -0.3 is 5.11 Å². The largest absolute Gasteiger partial charge is 0.393 e. The molecular formula is C6H12NO. The quantitative estimate of drug-likeness (QED) is 0.491. The highest BCUT2D eigenvalue weighted by Gasteiger charge is 2.16. The van der Waals surface area contributed by atoms with Crippen LogP contribution < -0.4 is 5.73 Å². The summed E-state index contributed by atoms with van der Waals surface area (Å²) in [5, 5.41) is 8.96. The fourth-order valence-electron chi connectivity index (χ4n) is 1.16. The molecule has 0 unspecified atom stereocenters. The molecule has 47 valence electrons. The monoisotopic (exact) mass is 114 g/mol. The van der Waals surface area contributed by atoms with Gasteiger partial charge >= 0.3 is 0 Å². The van der Waals surface area contributed by atoms with Gasteiger partial charge in [-0.05, 0) is 25.7 Å². The van der Waals surface area contributed by atoms with Crippen LogP contribution in [-0.4, -0.2) is 17.3 Å². The van der Waals surface area contributed by atoms with E-state index in [0.29, 0.717) is 6.42 Å². The van der Waals surface area contributed by atoms with Crippen molar-refractivity contribution in [3.8, 4) is 0 Å². The van der Waals surface area contributed by atoms with Gasteiger partial charge in [0.2, 0.25) is 0 Å². The molecule has 2 heteroatoms. The molecule has 0 bridgehead atoms. The third-order valence-electron chi connectivity index (χ3n) is 1.65. The summed E-state index contributed by atoms with van der Waals surface area (Å²) >= 11 is 0. The first-order valence-electron chi connectivity index (χ1n) is 3.18. The standard InChI is InChI=1S/C6H12NO/c7-5-2-1-3-6(8)4-5/h5-8H,1-4H2/t5-,6+/m1/s1. The highest BCUT2D eigenvalue weighted by atomic mass is 16.3. The van der Waals surface area contributed by atoms with Gasteiger partial charge in [-0.2, -0.15) is 0 Å². The van der Waals surface area contributed by atoms with Crippen LogP contribution in [0.1, 0.15) is 25.7 Å². The Labute approximate surface area is 49.7 Å². The summed E-state index contributed by atoms with van der Waals surface area (Å²) in [6.07, 6.45) is 3.45. The average molecular weight is 114 g/mol. The van der Waals surface area contributed by atoms with Gasteiger partial charge in [0.1, 0.15) is 0 Å². The van der Waals surface area contributed by atoms with E-state index in [1.165, 1.54) is 0 Å². The van der Waals surface area contributed by atoms with E-state index in [2.05, 4.69) is 0 Å². The summed E-state index contributed by atoms with van der Waals surface area (Å²) in [5.41, 5.74) is 7.24. The number of hydrogen-bond acceptors (Lipinski definition) is 1. The molecule has 0 amide bonds. The van der Waals surface area contributed by atoms with Gasteiger partial charge in [-0.3, -0.25) is 5.73 Å². The van der Waals surface area contributed by atoms with Crippen LogP contribution in [0.25, 0.3) is 0 Å². The number of aliphatic hydroxyl groups excluding tert-OH is 1. The molecule has 0 aliphatic heterocycles. The smallest absolute Gasteiger partial charge is 0.0555 e. The van der Waals surface area contributed by atoms with Crippen molar-refractivity contribution >= 4 is 0 Å². The fraction of sp³-hybridized carbons (Fsp3) is 1.00. The van der Waals surface area contributed by atoms with Gasteiger partial charge in [0, 0.05) is 6.04 Å². The molecule has 1 fully saturated rings. The molecule has 0 aromatic rings. The average Bonchev–Trinajstić information content (AvgIpc) is 1.64. The van der Waals surface area contributed by atoms with Crippen LogP contribution in [0.4, 0.5) is 0 Å². The van der Waals surface area contributed by atoms with Gasteiger partial charge in [0.25, 0.3) is 0 Å². The first-order chi connectivity index (χ1) is 3.79. The highest BCUT2D eigenvalue weighted by molar-refractivity contribution is 4.72. The van der Waals surface area contributed by atoms with Crippen molar-refractivity contribution in [3.63, 3.8) is 0 Å². The van der Waals surface area contributed by atoms with Crippen molar-refractivity contribution in [2.24, 2.45) is 0 Å². The molecule has 0 saturated heterocycles. The minimum atomic E-state index is -0.175. The van der Waals surface area contributed by atoms with E-state index in [1.54, 1.807) is 0 Å². The van der Waals surface area contributed by atoms with E-state index < -0.39 is 0 Å². The second kappa shape index (κ2) is 2.46. The lowest BCUT2D eigenvalue weighted by molar-refractivity contribution is 0.119. The van der Waals surface area contributed by atoms with E-state index >= 15 is 0 Å². The minimum absolute atomic E-state index is 0.0127. The van der Waals surface area contributed by atoms with Crippen molar-refractivity contribution in [2.45, 2.75) is 37.8 Å². The molecule has 1 saturated carbocycles. The molecule has 0 heterocycles. The Balaban J connectivity index is 2.23. The molecule has 1 rings (SSSR count). The second-order valence-electron chi connectivity index (χ2n) is 2.52. The van der Waals surface area contributed by atoms with Crippen molar-refractivity contribution < 1.29 is 5.11 Å². The van der Waals surface area contributed by atoms with Crippen LogP contribution in [0.2, 0.25) is 0 Å². The molecule has 0 spiro atoms. The van der Waals surface area contributed by atoms with E-state index in [9.17, 15) is 0 Å². The van der Waals surface area contributed by atoms with Crippen LogP contribution >= 0.6 is 0 Å². The Kier molecular flexibility index (Phi) is 1.86. The first-order valence-corrected chi connectivity index (χ1v) is 3.18. The van der Waals surface area contributed by atoms with Crippen LogP contribution in [0.15, 0.2) is 0 Å². The maximum atomic E-state index is 8.96. The van der Waals surface area contributed by atoms with Crippen LogP contribution in [0, 0.1) is 0 Å². The van der Waals surface area contributed by atoms with E-state index in [4.69, 9.17) is 10.8 Å². The lowest BCUT2D eigenvalue weighted by atomic mass is 9.94. The first kappa shape index (κ1) is 6.05. The Morgan fingerprint density at radius 3 is 2.50 bits per heavy atom. The van der Waals surface area contributed by atoms with Gasteiger partial charge in [-0.1, -0.05) is 0 Å².